The minimum atomic E-state index is 0.701. The Morgan fingerprint density at radius 3 is 2.76 bits per heavy atom. The van der Waals surface area contributed by atoms with Crippen LogP contribution in [-0.2, 0) is 6.54 Å². The van der Waals surface area contributed by atoms with Crippen LogP contribution in [0.2, 0.25) is 0 Å². The van der Waals surface area contributed by atoms with Crippen molar-refractivity contribution >= 4 is 5.69 Å². The molecule has 1 aliphatic rings. The number of nitrogens with one attached hydrogen (secondary N) is 1. The lowest BCUT2D eigenvalue weighted by Gasteiger charge is -2.09. The van der Waals surface area contributed by atoms with Gasteiger partial charge in [0, 0.05) is 17.9 Å². The quantitative estimate of drug-likeness (QED) is 0.869. The molecule has 1 aliphatic carbocycles. The normalized spacial score (nSPS) is 14.9. The summed E-state index contributed by atoms with van der Waals surface area (Å²) in [6.07, 6.45) is 6.51. The zero-order valence-electron chi connectivity index (χ0n) is 10.1. The van der Waals surface area contributed by atoms with Gasteiger partial charge in [-0.1, -0.05) is 17.7 Å². The maximum atomic E-state index is 4.23. The second-order valence-electron chi connectivity index (χ2n) is 4.74. The molecule has 1 saturated carbocycles. The van der Waals surface area contributed by atoms with Gasteiger partial charge in [0.1, 0.15) is 0 Å². The van der Waals surface area contributed by atoms with E-state index >= 15 is 0 Å². The van der Waals surface area contributed by atoms with Gasteiger partial charge in [-0.15, -0.1) is 0 Å². The van der Waals surface area contributed by atoms with Gasteiger partial charge in [-0.05, 0) is 31.9 Å². The van der Waals surface area contributed by atoms with Crippen LogP contribution in [0.5, 0.6) is 0 Å². The van der Waals surface area contributed by atoms with Gasteiger partial charge >= 0.3 is 0 Å². The third-order valence-electron chi connectivity index (χ3n) is 3.21. The number of aryl methyl sites for hydroxylation is 1. The van der Waals surface area contributed by atoms with Crippen molar-refractivity contribution in [2.45, 2.75) is 32.4 Å². The van der Waals surface area contributed by atoms with Crippen molar-refractivity contribution in [2.24, 2.45) is 0 Å². The second kappa shape index (κ2) is 4.24. The van der Waals surface area contributed by atoms with Crippen LogP contribution in [-0.4, -0.2) is 9.55 Å². The summed E-state index contributed by atoms with van der Waals surface area (Å²) in [6, 6.07) is 9.19. The van der Waals surface area contributed by atoms with Gasteiger partial charge in [0.25, 0.3) is 0 Å². The highest BCUT2D eigenvalue weighted by Gasteiger charge is 2.24. The van der Waals surface area contributed by atoms with Crippen LogP contribution in [0.15, 0.2) is 36.8 Å². The van der Waals surface area contributed by atoms with Gasteiger partial charge in [0.05, 0.1) is 18.6 Å². The molecule has 17 heavy (non-hydrogen) atoms. The number of hydrogen-bond donors (Lipinski definition) is 1. The van der Waals surface area contributed by atoms with E-state index in [4.69, 9.17) is 0 Å². The Bertz CT molecular complexity index is 494. The molecule has 1 heterocycles. The van der Waals surface area contributed by atoms with Gasteiger partial charge < -0.3 is 9.88 Å². The van der Waals surface area contributed by atoms with Gasteiger partial charge in [0.2, 0.25) is 0 Å². The predicted octanol–water partition coefficient (Wildman–Crippen LogP) is 3.14. The first-order chi connectivity index (χ1) is 8.33. The topological polar surface area (TPSA) is 29.9 Å². The molecule has 0 bridgehead atoms. The van der Waals surface area contributed by atoms with Crippen LogP contribution >= 0.6 is 0 Å². The molecule has 1 aromatic heterocycles. The molecule has 0 unspecified atom stereocenters. The third-order valence-corrected chi connectivity index (χ3v) is 3.21. The summed E-state index contributed by atoms with van der Waals surface area (Å²) in [7, 11) is 0. The lowest BCUT2D eigenvalue weighted by Crippen LogP contribution is -2.05. The summed E-state index contributed by atoms with van der Waals surface area (Å²) in [5.74, 6) is 0. The summed E-state index contributed by atoms with van der Waals surface area (Å²) in [5.41, 5.74) is 3.73. The molecule has 0 spiro atoms. The maximum absolute atomic E-state index is 4.23. The number of benzene rings is 1. The van der Waals surface area contributed by atoms with E-state index in [1.165, 1.54) is 29.8 Å². The Balaban J connectivity index is 1.67. The van der Waals surface area contributed by atoms with E-state index in [1.807, 2.05) is 12.5 Å². The molecule has 0 radical (unpaired) electrons. The van der Waals surface area contributed by atoms with Gasteiger partial charge in [-0.3, -0.25) is 0 Å². The van der Waals surface area contributed by atoms with E-state index in [1.54, 1.807) is 0 Å². The SMILES string of the molecule is Cc1ccc(NCc2cncn2C2CC2)cc1. The van der Waals surface area contributed by atoms with E-state index in [9.17, 15) is 0 Å². The van der Waals surface area contributed by atoms with E-state index in [2.05, 4.69) is 46.1 Å². The first-order valence-electron chi connectivity index (χ1n) is 6.14. The largest absolute Gasteiger partial charge is 0.379 e. The molecule has 2 aromatic rings. The Labute approximate surface area is 101 Å². The van der Waals surface area contributed by atoms with Crippen LogP contribution in [0.4, 0.5) is 5.69 Å². The Hall–Kier alpha value is -1.77. The highest BCUT2D eigenvalue weighted by molar-refractivity contribution is 5.44. The molecule has 0 atom stereocenters. The first-order valence-corrected chi connectivity index (χ1v) is 6.14. The molecule has 3 nitrogen and oxygen atoms in total. The average molecular weight is 227 g/mol. The van der Waals surface area contributed by atoms with Gasteiger partial charge in [-0.25, -0.2) is 4.98 Å². The van der Waals surface area contributed by atoms with Gasteiger partial charge in [-0.2, -0.15) is 0 Å². The van der Waals surface area contributed by atoms with Crippen LogP contribution in [0.1, 0.15) is 30.1 Å². The number of imidazole rings is 1. The van der Waals surface area contributed by atoms with E-state index < -0.39 is 0 Å². The van der Waals surface area contributed by atoms with Crippen molar-refractivity contribution in [2.75, 3.05) is 5.32 Å². The molecule has 1 fully saturated rings. The molecule has 1 aromatic carbocycles. The molecular weight excluding hydrogens is 210 g/mol. The molecule has 88 valence electrons. The summed E-state index contributed by atoms with van der Waals surface area (Å²) < 4.78 is 2.29. The summed E-state index contributed by atoms with van der Waals surface area (Å²) >= 11 is 0. The van der Waals surface area contributed by atoms with Crippen molar-refractivity contribution < 1.29 is 0 Å². The molecule has 3 rings (SSSR count). The fraction of sp³-hybridized carbons (Fsp3) is 0.357. The first kappa shape index (κ1) is 10.4. The van der Waals surface area contributed by atoms with Crippen molar-refractivity contribution in [1.82, 2.24) is 9.55 Å². The Morgan fingerprint density at radius 2 is 2.06 bits per heavy atom. The highest BCUT2D eigenvalue weighted by atomic mass is 15.1. The van der Waals surface area contributed by atoms with Crippen molar-refractivity contribution in [3.05, 3.63) is 48.0 Å². The highest BCUT2D eigenvalue weighted by Crippen LogP contribution is 2.35. The maximum Gasteiger partial charge on any atom is 0.0951 e. The van der Waals surface area contributed by atoms with E-state index in [0.717, 1.165) is 6.54 Å². The lowest BCUT2D eigenvalue weighted by molar-refractivity contribution is 0.701. The number of anilines is 1. The fourth-order valence-corrected chi connectivity index (χ4v) is 2.01. The van der Waals surface area contributed by atoms with Crippen molar-refractivity contribution in [1.29, 1.82) is 0 Å². The molecular formula is C14H17N3. The summed E-state index contributed by atoms with van der Waals surface area (Å²) in [5, 5.41) is 3.44. The zero-order chi connectivity index (χ0) is 11.7. The lowest BCUT2D eigenvalue weighted by atomic mass is 10.2. The molecule has 0 saturated heterocycles. The smallest absolute Gasteiger partial charge is 0.0951 e. The number of nitrogens with zero attached hydrogens (tertiary/aromatic N) is 2. The Morgan fingerprint density at radius 1 is 1.29 bits per heavy atom. The average Bonchev–Trinajstić information content (AvgIpc) is 3.08. The number of hydrogen-bond acceptors (Lipinski definition) is 2. The third kappa shape index (κ3) is 2.33. The zero-order valence-corrected chi connectivity index (χ0v) is 10.1. The van der Waals surface area contributed by atoms with E-state index in [-0.39, 0.29) is 0 Å². The van der Waals surface area contributed by atoms with Crippen LogP contribution in [0.25, 0.3) is 0 Å². The van der Waals surface area contributed by atoms with Crippen LogP contribution in [0, 0.1) is 6.92 Å². The summed E-state index contributed by atoms with van der Waals surface area (Å²) in [4.78, 5) is 4.23. The monoisotopic (exact) mass is 227 g/mol. The molecule has 3 heteroatoms. The van der Waals surface area contributed by atoms with Crippen LogP contribution < -0.4 is 5.32 Å². The minimum absolute atomic E-state index is 0.701. The molecule has 0 aliphatic heterocycles. The van der Waals surface area contributed by atoms with Gasteiger partial charge in [0.15, 0.2) is 0 Å². The minimum Gasteiger partial charge on any atom is -0.379 e. The Kier molecular flexibility index (Phi) is 2.59. The number of aromatic nitrogens is 2. The predicted molar refractivity (Wildman–Crippen MR) is 69.0 cm³/mol. The standard InChI is InChI=1S/C14H17N3/c1-11-2-4-12(5-3-11)16-9-14-8-15-10-17(14)13-6-7-13/h2-5,8,10,13,16H,6-7,9H2,1H3. The van der Waals surface area contributed by atoms with Crippen LogP contribution in [0.3, 0.4) is 0 Å². The van der Waals surface area contributed by atoms with E-state index in [0.29, 0.717) is 6.04 Å². The second-order valence-corrected chi connectivity index (χ2v) is 4.74. The molecule has 0 amide bonds. The summed E-state index contributed by atoms with van der Waals surface area (Å²) in [6.45, 7) is 2.95. The van der Waals surface area contributed by atoms with Crippen molar-refractivity contribution in [3.8, 4) is 0 Å². The molecule has 1 N–H and O–H groups in total. The fourth-order valence-electron chi connectivity index (χ4n) is 2.01. The number of rotatable bonds is 4. The van der Waals surface area contributed by atoms with Crippen molar-refractivity contribution in [3.63, 3.8) is 0 Å².